The first-order chi connectivity index (χ1) is 46.3. The van der Waals surface area contributed by atoms with Crippen LogP contribution in [-0.2, 0) is 64.0 Å². The van der Waals surface area contributed by atoms with Gasteiger partial charge in [0.15, 0.2) is 5.78 Å². The molecule has 2 fully saturated rings. The number of thioether (sulfide) groups is 1. The number of benzene rings is 2. The summed E-state index contributed by atoms with van der Waals surface area (Å²) in [5.41, 5.74) is 6.94. The van der Waals surface area contributed by atoms with Crippen molar-refractivity contribution in [1.82, 2.24) is 35.6 Å². The third kappa shape index (κ3) is 25.9. The van der Waals surface area contributed by atoms with Gasteiger partial charge in [-0.1, -0.05) is 146 Å². The Morgan fingerprint density at radius 3 is 1.96 bits per heavy atom. The summed E-state index contributed by atoms with van der Waals surface area (Å²) in [7, 11) is 6.14. The summed E-state index contributed by atoms with van der Waals surface area (Å²) in [4.78, 5) is 155. The number of nitrogens with zero attached hydrogens (tertiary/aromatic N) is 4. The second-order valence-electron chi connectivity index (χ2n) is 28.0. The van der Waals surface area contributed by atoms with E-state index in [1.54, 1.807) is 75.9 Å². The minimum absolute atomic E-state index is 0. The average molecular weight is 1410 g/mol. The van der Waals surface area contributed by atoms with E-state index in [-0.39, 0.29) is 129 Å². The summed E-state index contributed by atoms with van der Waals surface area (Å²) in [6.07, 6.45) is 1.21. The van der Waals surface area contributed by atoms with E-state index in [1.807, 2.05) is 85.7 Å². The van der Waals surface area contributed by atoms with E-state index in [0.717, 1.165) is 5.56 Å². The number of imide groups is 1. The zero-order chi connectivity index (χ0) is 73.2. The molecule has 2 aliphatic rings. The Bertz CT molecular complexity index is 2950. The van der Waals surface area contributed by atoms with Crippen LogP contribution in [-0.4, -0.2) is 191 Å². The van der Waals surface area contributed by atoms with Crippen LogP contribution in [0.15, 0.2) is 54.6 Å². The second-order valence-corrected chi connectivity index (χ2v) is 29.8. The lowest BCUT2D eigenvalue weighted by Crippen LogP contribution is -2.60. The van der Waals surface area contributed by atoms with Crippen LogP contribution in [0.3, 0.4) is 0 Å². The van der Waals surface area contributed by atoms with Gasteiger partial charge < -0.3 is 56.1 Å². The summed E-state index contributed by atoms with van der Waals surface area (Å²) >= 11 is 1.48. The number of methoxy groups -OCH3 is 2. The van der Waals surface area contributed by atoms with Gasteiger partial charge in [0, 0.05) is 91.2 Å². The van der Waals surface area contributed by atoms with Crippen molar-refractivity contribution >= 4 is 82.5 Å². The first kappa shape index (κ1) is 86.3. The molecule has 4 rings (SSSR count). The van der Waals surface area contributed by atoms with Crippen molar-refractivity contribution in [2.45, 2.75) is 240 Å². The van der Waals surface area contributed by atoms with Gasteiger partial charge in [0.25, 0.3) is 0 Å². The van der Waals surface area contributed by atoms with Crippen molar-refractivity contribution in [2.24, 2.45) is 47.2 Å². The molecule has 10 amide bonds. The summed E-state index contributed by atoms with van der Waals surface area (Å²) in [6, 6.07) is 11.0. The number of ketones is 2. The number of rotatable bonds is 42. The maximum absolute atomic E-state index is 14.8. The Hall–Kier alpha value is -6.96. The van der Waals surface area contributed by atoms with Crippen molar-refractivity contribution < 1.29 is 72.1 Å². The molecule has 2 unspecified atom stereocenters. The molecule has 24 nitrogen and oxygen atoms in total. The van der Waals surface area contributed by atoms with Crippen LogP contribution >= 0.6 is 11.8 Å². The largest absolute Gasteiger partial charge is 0.445 e. The number of urea groups is 1. The van der Waals surface area contributed by atoms with Crippen LogP contribution in [0.5, 0.6) is 0 Å². The lowest BCUT2D eigenvalue weighted by molar-refractivity contribution is -0.148. The number of aliphatic hydroxyl groups excluding tert-OH is 1. The molecule has 0 bridgehead atoms. The summed E-state index contributed by atoms with van der Waals surface area (Å²) in [5.74, 6) is -5.92. The number of unbranched alkanes of at least 4 members (excludes halogenated alkanes) is 2. The van der Waals surface area contributed by atoms with Gasteiger partial charge in [-0.3, -0.25) is 53.0 Å². The lowest BCUT2D eigenvalue weighted by Gasteiger charge is -2.41. The van der Waals surface area contributed by atoms with Gasteiger partial charge in [-0.25, -0.2) is 9.59 Å². The fraction of sp³-hybridized carbons (Fsp3) is 0.689. The summed E-state index contributed by atoms with van der Waals surface area (Å²) in [5, 5.41) is 22.1. The zero-order valence-corrected chi connectivity index (χ0v) is 61.8. The van der Waals surface area contributed by atoms with E-state index in [2.05, 4.69) is 21.3 Å². The molecule has 0 aliphatic carbocycles. The van der Waals surface area contributed by atoms with Crippen molar-refractivity contribution in [3.05, 3.63) is 65.7 Å². The highest BCUT2D eigenvalue weighted by atomic mass is 32.2. The number of nitrogens with two attached hydrogens (primary N) is 1. The lowest BCUT2D eigenvalue weighted by atomic mass is 9.85. The maximum Gasteiger partial charge on any atom is 0.410 e. The Balaban J connectivity index is 0.0000255. The smallest absolute Gasteiger partial charge is 0.410 e. The zero-order valence-electron chi connectivity index (χ0n) is 61.0. The number of hydrogen-bond donors (Lipinski definition) is 6. The fourth-order valence-electron chi connectivity index (χ4n) is 13.3. The molecule has 0 saturated carbocycles. The van der Waals surface area contributed by atoms with Crippen LogP contribution in [0.2, 0.25) is 0 Å². The quantitative estimate of drug-likeness (QED) is 0.0266. The van der Waals surface area contributed by atoms with Gasteiger partial charge in [0.2, 0.25) is 41.4 Å². The monoisotopic (exact) mass is 1410 g/mol. The normalized spacial score (nSPS) is 18.1. The third-order valence-electron chi connectivity index (χ3n) is 19.1. The van der Waals surface area contributed by atoms with Crippen LogP contribution in [0.4, 0.5) is 15.3 Å². The van der Waals surface area contributed by atoms with E-state index < -0.39 is 102 Å². The SMILES string of the molecule is C.CC[C@H](C)C([C@@H](CC(=O)N1CCC[C@H]1[C@H](OC)[C@@H](C)C(=O)C[C@H](C)[C@@H](O)c1ccccc1)OC)N(C)C(=O)[C@@H](NC(=O)[C@H](C(C)C)N(C)C(=O)OCc1ccc(NC(=O)[C@H](CCCNC(N)=O)CC(=O)[C@@H](NC(=O)CCCCCN2C(=O)CC(SC(C)C)C2=O)C(C)C)cc1)C(C)C. The Morgan fingerprint density at radius 1 is 0.737 bits per heavy atom. The topological polar surface area (TPSA) is 323 Å². The van der Waals surface area contributed by atoms with E-state index in [0.29, 0.717) is 62.7 Å². The molecule has 99 heavy (non-hydrogen) atoms. The molecule has 7 N–H and O–H groups in total. The van der Waals surface area contributed by atoms with Crippen molar-refractivity contribution in [1.29, 1.82) is 0 Å². The summed E-state index contributed by atoms with van der Waals surface area (Å²) < 4.78 is 17.8. The molecule has 2 aromatic carbocycles. The highest BCUT2D eigenvalue weighted by Crippen LogP contribution is 2.34. The average Bonchev–Trinajstić information content (AvgIpc) is 1.79. The van der Waals surface area contributed by atoms with Crippen LogP contribution in [0, 0.1) is 41.4 Å². The highest BCUT2D eigenvalue weighted by Gasteiger charge is 2.45. The van der Waals surface area contributed by atoms with Gasteiger partial charge in [0.05, 0.1) is 48.1 Å². The van der Waals surface area contributed by atoms with Crippen molar-refractivity contribution in [2.75, 3.05) is 53.3 Å². The van der Waals surface area contributed by atoms with Crippen LogP contribution in [0.1, 0.15) is 191 Å². The van der Waals surface area contributed by atoms with Gasteiger partial charge in [-0.2, -0.15) is 0 Å². The minimum Gasteiger partial charge on any atom is -0.445 e. The number of aliphatic hydroxyl groups is 1. The van der Waals surface area contributed by atoms with E-state index >= 15 is 0 Å². The standard InChI is InChI=1S/C73H115N9O15S.CH4/c1-17-47(10)65(57(95-15)40-60(86)81-37-25-29-54(81)67(96-16)49(12)55(83)38-48(11)66(88)51-26-20-18-21-27-51)79(13)71(92)63(44(4)5)78-69(90)64(45(6)7)80(14)73(94)97-42-50-31-33-53(34-32-50)76-68(89)52(28-24-35-75-72(74)93)39-56(84)62(43(2)3)77-59(85)30-22-19-23-36-82-61(87)41-58(70(82)91)98-46(8)9;/h18,20-21,26-27,31-34,43-49,52,54,57-58,62-67,88H,17,19,22-25,28-30,35-42H2,1-16H3,(H,76,89)(H,77,85)(H,78,90)(H3,74,75,93);1H4/t47-,48-,49-,52+,54-,57+,58?,62-,63-,64-,65?,66+,67+;/m0./s1. The molecule has 2 saturated heterocycles. The molecule has 0 spiro atoms. The number of Topliss-reactive ketones (excluding diaryl/α,β-unsaturated/α-hetero) is 2. The number of anilines is 1. The third-order valence-corrected chi connectivity index (χ3v) is 20.3. The number of likely N-dealkylation sites (tertiary alicyclic amines) is 2. The molecule has 25 heteroatoms. The van der Waals surface area contributed by atoms with E-state index in [9.17, 15) is 57.8 Å². The second kappa shape index (κ2) is 42.3. The number of carbonyl (C=O) groups excluding carboxylic acids is 11. The van der Waals surface area contributed by atoms with E-state index in [4.69, 9.17) is 19.9 Å². The predicted molar refractivity (Wildman–Crippen MR) is 384 cm³/mol. The first-order valence-electron chi connectivity index (χ1n) is 35.1. The van der Waals surface area contributed by atoms with Gasteiger partial charge in [-0.05, 0) is 96.6 Å². The molecule has 2 aromatic rings. The molecular weight excluding hydrogens is 1290 g/mol. The fourth-order valence-corrected chi connectivity index (χ4v) is 14.4. The Morgan fingerprint density at radius 2 is 1.38 bits per heavy atom. The maximum atomic E-state index is 14.8. The number of likely N-dealkylation sites (N-methyl/N-ethyl adjacent to an activating group) is 2. The minimum atomic E-state index is -1.08. The molecular formula is C74H119N9O15S. The van der Waals surface area contributed by atoms with Gasteiger partial charge >= 0.3 is 12.1 Å². The Labute approximate surface area is 593 Å². The van der Waals surface area contributed by atoms with Crippen molar-refractivity contribution in [3.63, 3.8) is 0 Å². The number of amides is 10. The molecule has 556 valence electrons. The number of carbonyl (C=O) groups is 11. The summed E-state index contributed by atoms with van der Waals surface area (Å²) in [6.45, 7) is 23.0. The number of primary amides is 1. The number of hydrogen-bond acceptors (Lipinski definition) is 16. The molecule has 0 aromatic heterocycles. The van der Waals surface area contributed by atoms with Crippen LogP contribution < -0.4 is 27.0 Å². The number of ether oxygens (including phenoxy) is 3. The van der Waals surface area contributed by atoms with Gasteiger partial charge in [0.1, 0.15) is 24.5 Å². The first-order valence-corrected chi connectivity index (χ1v) is 36.0. The predicted octanol–water partition coefficient (Wildman–Crippen LogP) is 9.24. The van der Waals surface area contributed by atoms with Gasteiger partial charge in [-0.15, -0.1) is 11.8 Å². The molecule has 2 aliphatic heterocycles. The molecule has 0 radical (unpaired) electrons. The molecule has 2 heterocycles. The Kier molecular flexibility index (Phi) is 36.9. The van der Waals surface area contributed by atoms with E-state index in [1.165, 1.54) is 35.7 Å². The van der Waals surface area contributed by atoms with Crippen LogP contribution in [0.25, 0.3) is 0 Å². The highest BCUT2D eigenvalue weighted by molar-refractivity contribution is 8.01. The van der Waals surface area contributed by atoms with Crippen molar-refractivity contribution in [3.8, 4) is 0 Å². The number of nitrogens with one attached hydrogen (secondary N) is 4. The molecule has 13 atom stereocenters.